The molecule has 1 N–H and O–H groups in total. The molecular weight excluding hydrogens is 406 g/mol. The molecule has 32 heavy (non-hydrogen) atoms. The second-order valence-corrected chi connectivity index (χ2v) is 7.92. The van der Waals surface area contributed by atoms with Gasteiger partial charge in [-0.2, -0.15) is 0 Å². The lowest BCUT2D eigenvalue weighted by atomic mass is 10.1. The summed E-state index contributed by atoms with van der Waals surface area (Å²) in [5, 5.41) is 3.55. The highest BCUT2D eigenvalue weighted by Crippen LogP contribution is 2.27. The summed E-state index contributed by atoms with van der Waals surface area (Å²) in [7, 11) is 0. The molecule has 3 aromatic rings. The van der Waals surface area contributed by atoms with Gasteiger partial charge in [0.2, 0.25) is 0 Å². The molecule has 1 atom stereocenters. The van der Waals surface area contributed by atoms with E-state index < -0.39 is 18.0 Å². The van der Waals surface area contributed by atoms with Crippen LogP contribution in [0, 0.1) is 0 Å². The van der Waals surface area contributed by atoms with E-state index in [2.05, 4.69) is 10.2 Å². The van der Waals surface area contributed by atoms with Gasteiger partial charge in [-0.3, -0.25) is 9.59 Å². The Balaban J connectivity index is 1.51. The van der Waals surface area contributed by atoms with Gasteiger partial charge in [-0.05, 0) is 63.1 Å². The van der Waals surface area contributed by atoms with Crippen molar-refractivity contribution in [2.45, 2.75) is 32.8 Å². The second-order valence-electron chi connectivity index (χ2n) is 7.92. The van der Waals surface area contributed by atoms with E-state index in [-0.39, 0.29) is 5.78 Å². The van der Waals surface area contributed by atoms with E-state index in [0.717, 1.165) is 36.8 Å². The van der Waals surface area contributed by atoms with Crippen molar-refractivity contribution in [1.29, 1.82) is 0 Å². The van der Waals surface area contributed by atoms with Crippen LogP contribution in [0.3, 0.4) is 0 Å². The number of ketones is 1. The molecule has 0 radical (unpaired) electrons. The molecule has 2 heterocycles. The summed E-state index contributed by atoms with van der Waals surface area (Å²) in [6.07, 6.45) is 1.09. The van der Waals surface area contributed by atoms with Crippen LogP contribution in [0.1, 0.15) is 47.4 Å². The fourth-order valence-electron chi connectivity index (χ4n) is 3.74. The van der Waals surface area contributed by atoms with E-state index in [0.29, 0.717) is 22.6 Å². The molecule has 0 spiro atoms. The fraction of sp³-hybridized carbons (Fsp3) is 0.280. The van der Waals surface area contributed by atoms with Crippen LogP contribution in [0.4, 0.5) is 11.5 Å². The average molecular weight is 431 g/mol. The van der Waals surface area contributed by atoms with Crippen LogP contribution >= 0.6 is 0 Å². The highest BCUT2D eigenvalue weighted by molar-refractivity contribution is 6.02. The van der Waals surface area contributed by atoms with E-state index in [1.165, 1.54) is 13.8 Å². The number of benzene rings is 2. The molecule has 1 unspecified atom stereocenters. The Labute approximate surface area is 186 Å². The van der Waals surface area contributed by atoms with Crippen molar-refractivity contribution >= 4 is 40.1 Å². The number of nitrogens with zero attached hydrogens (tertiary/aromatic N) is 2. The van der Waals surface area contributed by atoms with Crippen LogP contribution in [-0.4, -0.2) is 41.8 Å². The van der Waals surface area contributed by atoms with E-state index in [9.17, 15) is 14.4 Å². The maximum absolute atomic E-state index is 13.0. The van der Waals surface area contributed by atoms with Crippen LogP contribution in [0.15, 0.2) is 54.6 Å². The summed E-state index contributed by atoms with van der Waals surface area (Å²) in [5.74, 6) is -0.494. The van der Waals surface area contributed by atoms with E-state index in [4.69, 9.17) is 9.72 Å². The number of pyridine rings is 1. The Kier molecular flexibility index (Phi) is 6.16. The number of ether oxygens (including phenoxy) is 1. The van der Waals surface area contributed by atoms with Crippen molar-refractivity contribution in [2.75, 3.05) is 23.3 Å². The topological polar surface area (TPSA) is 88.6 Å². The van der Waals surface area contributed by atoms with Gasteiger partial charge in [0, 0.05) is 29.7 Å². The predicted molar refractivity (Wildman–Crippen MR) is 123 cm³/mol. The van der Waals surface area contributed by atoms with Crippen molar-refractivity contribution < 1.29 is 19.1 Å². The Morgan fingerprint density at radius 2 is 1.72 bits per heavy atom. The zero-order valence-corrected chi connectivity index (χ0v) is 18.1. The van der Waals surface area contributed by atoms with E-state index in [1.807, 2.05) is 24.3 Å². The molecule has 1 saturated heterocycles. The van der Waals surface area contributed by atoms with Crippen molar-refractivity contribution in [3.05, 3.63) is 65.7 Å². The van der Waals surface area contributed by atoms with Crippen molar-refractivity contribution in [3.8, 4) is 0 Å². The average Bonchev–Trinajstić information content (AvgIpc) is 3.33. The minimum Gasteiger partial charge on any atom is -0.449 e. The fourth-order valence-corrected chi connectivity index (χ4v) is 3.74. The van der Waals surface area contributed by atoms with Crippen molar-refractivity contribution in [3.63, 3.8) is 0 Å². The van der Waals surface area contributed by atoms with Gasteiger partial charge in [0.05, 0.1) is 5.52 Å². The van der Waals surface area contributed by atoms with Gasteiger partial charge in [0.25, 0.3) is 5.91 Å². The van der Waals surface area contributed by atoms with Gasteiger partial charge in [0.15, 0.2) is 11.9 Å². The molecule has 0 saturated carbocycles. The van der Waals surface area contributed by atoms with Crippen LogP contribution in [0.25, 0.3) is 10.9 Å². The largest absolute Gasteiger partial charge is 0.449 e. The number of amides is 1. The van der Waals surface area contributed by atoms with Gasteiger partial charge in [-0.1, -0.05) is 18.2 Å². The Hall–Kier alpha value is -3.74. The number of aromatic nitrogens is 1. The van der Waals surface area contributed by atoms with Gasteiger partial charge >= 0.3 is 5.97 Å². The van der Waals surface area contributed by atoms with Gasteiger partial charge in [0.1, 0.15) is 11.4 Å². The van der Waals surface area contributed by atoms with E-state index in [1.54, 1.807) is 30.3 Å². The molecule has 1 amide bonds. The van der Waals surface area contributed by atoms with E-state index >= 15 is 0 Å². The molecule has 0 bridgehead atoms. The van der Waals surface area contributed by atoms with Crippen LogP contribution < -0.4 is 10.2 Å². The Morgan fingerprint density at radius 3 is 2.41 bits per heavy atom. The number of esters is 1. The normalized spacial score (nSPS) is 14.2. The highest BCUT2D eigenvalue weighted by atomic mass is 16.5. The molecule has 4 rings (SSSR count). The first-order chi connectivity index (χ1) is 15.4. The molecule has 0 aliphatic carbocycles. The number of nitrogens with one attached hydrogen (secondary N) is 1. The first kappa shape index (κ1) is 21.5. The molecule has 1 aromatic heterocycles. The lowest BCUT2D eigenvalue weighted by molar-refractivity contribution is -0.123. The predicted octanol–water partition coefficient (Wildman–Crippen LogP) is 4.22. The number of carbonyl (C=O) groups excluding carboxylic acids is 3. The molecule has 1 aliphatic rings. The molecular formula is C25H25N3O4. The van der Waals surface area contributed by atoms with Gasteiger partial charge < -0.3 is 15.0 Å². The summed E-state index contributed by atoms with van der Waals surface area (Å²) < 4.78 is 5.51. The monoisotopic (exact) mass is 431 g/mol. The number of hydrogen-bond acceptors (Lipinski definition) is 6. The molecule has 2 aromatic carbocycles. The number of para-hydroxylation sites is 1. The number of hydrogen-bond donors (Lipinski definition) is 1. The lowest BCUT2D eigenvalue weighted by Crippen LogP contribution is -2.31. The molecule has 1 fully saturated rings. The number of anilines is 2. The third-order valence-electron chi connectivity index (χ3n) is 5.54. The molecule has 1 aliphatic heterocycles. The Bertz CT molecular complexity index is 1170. The molecule has 7 heteroatoms. The summed E-state index contributed by atoms with van der Waals surface area (Å²) >= 11 is 0. The molecule has 164 valence electrons. The van der Waals surface area contributed by atoms with Crippen LogP contribution in [0.2, 0.25) is 0 Å². The van der Waals surface area contributed by atoms with Gasteiger partial charge in [-0.25, -0.2) is 9.78 Å². The minimum atomic E-state index is -1.01. The quantitative estimate of drug-likeness (QED) is 0.464. The summed E-state index contributed by atoms with van der Waals surface area (Å²) in [5.41, 5.74) is 2.25. The number of fused-ring (bicyclic) bond motifs is 1. The van der Waals surface area contributed by atoms with Crippen LogP contribution in [0.5, 0.6) is 0 Å². The number of rotatable bonds is 6. The molecule has 7 nitrogen and oxygen atoms in total. The van der Waals surface area contributed by atoms with Crippen molar-refractivity contribution in [1.82, 2.24) is 4.98 Å². The summed E-state index contributed by atoms with van der Waals surface area (Å²) in [6, 6.07) is 16.0. The smallest absolute Gasteiger partial charge is 0.342 e. The maximum atomic E-state index is 13.0. The maximum Gasteiger partial charge on any atom is 0.342 e. The number of carbonyl (C=O) groups is 3. The van der Waals surface area contributed by atoms with Crippen LogP contribution in [-0.2, 0) is 9.53 Å². The number of Topliss-reactive ketones (excluding diaryl/α,β-unsaturated/α-hetero) is 1. The first-order valence-electron chi connectivity index (χ1n) is 10.7. The zero-order valence-electron chi connectivity index (χ0n) is 18.1. The third kappa shape index (κ3) is 4.61. The van der Waals surface area contributed by atoms with Crippen molar-refractivity contribution in [2.24, 2.45) is 0 Å². The Morgan fingerprint density at radius 1 is 1.03 bits per heavy atom. The SMILES string of the molecule is CC(=O)c1ccc(NC(=O)C(C)OC(=O)c2cc3ccccc3nc2N2CCCC2)cc1. The summed E-state index contributed by atoms with van der Waals surface area (Å²) in [4.78, 5) is 43.8. The summed E-state index contributed by atoms with van der Waals surface area (Å²) in [6.45, 7) is 4.67. The lowest BCUT2D eigenvalue weighted by Gasteiger charge is -2.21. The first-order valence-corrected chi connectivity index (χ1v) is 10.7. The van der Waals surface area contributed by atoms with Gasteiger partial charge in [-0.15, -0.1) is 0 Å². The minimum absolute atomic E-state index is 0.0528. The zero-order chi connectivity index (χ0) is 22.7. The highest BCUT2D eigenvalue weighted by Gasteiger charge is 2.26. The standard InChI is InChI=1S/C25H25N3O4/c1-16(29)18-9-11-20(12-10-18)26-24(30)17(2)32-25(31)21-15-19-7-3-4-8-22(19)27-23(21)28-13-5-6-14-28/h3-4,7-12,15,17H,5-6,13-14H2,1-2H3,(H,26,30). The second kappa shape index (κ2) is 9.18. The third-order valence-corrected chi connectivity index (χ3v) is 5.54.